The van der Waals surface area contributed by atoms with E-state index in [-0.39, 0.29) is 6.61 Å². The summed E-state index contributed by atoms with van der Waals surface area (Å²) in [6.45, 7) is 6.48. The molecule has 0 aliphatic heterocycles. The first-order valence-electron chi connectivity index (χ1n) is 4.99. The number of hydrogen-bond donors (Lipinski definition) is 1. The van der Waals surface area contributed by atoms with Crippen molar-refractivity contribution < 1.29 is 5.11 Å². The van der Waals surface area contributed by atoms with E-state index in [2.05, 4.69) is 37.9 Å². The molecule has 0 aliphatic carbocycles. The lowest BCUT2D eigenvalue weighted by Crippen LogP contribution is -2.25. The Morgan fingerprint density at radius 1 is 1.36 bits per heavy atom. The van der Waals surface area contributed by atoms with Crippen molar-refractivity contribution in [2.45, 2.75) is 33.4 Å². The van der Waals surface area contributed by atoms with Crippen LogP contribution in [0.25, 0.3) is 0 Å². The molecule has 0 heterocycles. The molecule has 2 nitrogen and oxygen atoms in total. The van der Waals surface area contributed by atoms with Crippen LogP contribution in [0, 0.1) is 6.92 Å². The Balaban J connectivity index is 2.96. The average Bonchev–Trinajstić information content (AvgIpc) is 2.16. The molecule has 0 saturated heterocycles. The third kappa shape index (κ3) is 2.26. The summed E-state index contributed by atoms with van der Waals surface area (Å²) in [5.41, 5.74) is 3.36. The molecule has 1 N–H and O–H groups in total. The van der Waals surface area contributed by atoms with E-state index < -0.39 is 0 Å². The maximum Gasteiger partial charge on any atom is 0.0684 e. The van der Waals surface area contributed by atoms with E-state index in [0.717, 1.165) is 11.1 Å². The second-order valence-electron chi connectivity index (χ2n) is 3.97. The van der Waals surface area contributed by atoms with Gasteiger partial charge in [-0.2, -0.15) is 0 Å². The maximum absolute atomic E-state index is 9.04. The molecule has 0 unspecified atom stereocenters. The normalized spacial score (nSPS) is 10.7. The highest BCUT2D eigenvalue weighted by molar-refractivity contribution is 5.50. The number of nitrogens with zero attached hydrogens (tertiary/aromatic N) is 1. The van der Waals surface area contributed by atoms with Crippen LogP contribution in [0.5, 0.6) is 0 Å². The molecule has 78 valence electrons. The highest BCUT2D eigenvalue weighted by atomic mass is 16.3. The zero-order valence-corrected chi connectivity index (χ0v) is 9.41. The van der Waals surface area contributed by atoms with Crippen LogP contribution in [0.2, 0.25) is 0 Å². The minimum absolute atomic E-state index is 0.123. The summed E-state index contributed by atoms with van der Waals surface area (Å²) >= 11 is 0. The number of rotatable bonds is 3. The van der Waals surface area contributed by atoms with Gasteiger partial charge >= 0.3 is 0 Å². The van der Waals surface area contributed by atoms with Gasteiger partial charge in [0.1, 0.15) is 0 Å². The van der Waals surface area contributed by atoms with Crippen LogP contribution in [0.4, 0.5) is 5.69 Å². The van der Waals surface area contributed by atoms with Gasteiger partial charge < -0.3 is 10.0 Å². The topological polar surface area (TPSA) is 23.5 Å². The minimum atomic E-state index is 0.123. The summed E-state index contributed by atoms with van der Waals surface area (Å²) < 4.78 is 0. The van der Waals surface area contributed by atoms with E-state index in [1.54, 1.807) is 0 Å². The summed E-state index contributed by atoms with van der Waals surface area (Å²) in [6.07, 6.45) is 0. The number of aliphatic hydroxyl groups excluding tert-OH is 1. The number of hydrogen-bond acceptors (Lipinski definition) is 2. The SMILES string of the molecule is Cc1cc(N(C)C(C)C)ccc1CO. The summed E-state index contributed by atoms with van der Waals surface area (Å²) in [4.78, 5) is 2.22. The molecule has 0 spiro atoms. The van der Waals surface area contributed by atoms with Gasteiger partial charge in [0.2, 0.25) is 0 Å². The fourth-order valence-corrected chi connectivity index (χ4v) is 1.37. The summed E-state index contributed by atoms with van der Waals surface area (Å²) in [5, 5.41) is 9.04. The fraction of sp³-hybridized carbons (Fsp3) is 0.500. The first-order valence-corrected chi connectivity index (χ1v) is 4.99. The predicted molar refractivity (Wildman–Crippen MR) is 60.6 cm³/mol. The van der Waals surface area contributed by atoms with Crippen LogP contribution in [-0.2, 0) is 6.61 Å². The van der Waals surface area contributed by atoms with Crippen molar-refractivity contribution in [2.75, 3.05) is 11.9 Å². The van der Waals surface area contributed by atoms with Gasteiger partial charge in [-0.25, -0.2) is 0 Å². The lowest BCUT2D eigenvalue weighted by molar-refractivity contribution is 0.281. The quantitative estimate of drug-likeness (QED) is 0.796. The largest absolute Gasteiger partial charge is 0.392 e. The first-order chi connectivity index (χ1) is 6.56. The lowest BCUT2D eigenvalue weighted by atomic mass is 10.1. The number of aliphatic hydroxyl groups is 1. The van der Waals surface area contributed by atoms with Gasteiger partial charge in [0, 0.05) is 18.8 Å². The Morgan fingerprint density at radius 2 is 2.00 bits per heavy atom. The van der Waals surface area contributed by atoms with Crippen molar-refractivity contribution in [1.82, 2.24) is 0 Å². The molecule has 0 fully saturated rings. The van der Waals surface area contributed by atoms with Crippen LogP contribution in [-0.4, -0.2) is 18.2 Å². The fourth-order valence-electron chi connectivity index (χ4n) is 1.37. The van der Waals surface area contributed by atoms with Gasteiger partial charge in [-0.1, -0.05) is 6.07 Å². The number of aryl methyl sites for hydroxylation is 1. The standard InChI is InChI=1S/C12H19NO/c1-9(2)13(4)12-6-5-11(8-14)10(3)7-12/h5-7,9,14H,8H2,1-4H3. The zero-order valence-electron chi connectivity index (χ0n) is 9.41. The molecule has 2 heteroatoms. The van der Waals surface area contributed by atoms with Crippen LogP contribution in [0.1, 0.15) is 25.0 Å². The van der Waals surface area contributed by atoms with Crippen LogP contribution < -0.4 is 4.90 Å². The Morgan fingerprint density at radius 3 is 2.43 bits per heavy atom. The van der Waals surface area contributed by atoms with Crippen LogP contribution in [0.15, 0.2) is 18.2 Å². The van der Waals surface area contributed by atoms with Gasteiger partial charge in [-0.05, 0) is 44.0 Å². The molecular formula is C12H19NO. The smallest absolute Gasteiger partial charge is 0.0684 e. The van der Waals surface area contributed by atoms with Crippen molar-refractivity contribution in [3.63, 3.8) is 0 Å². The number of benzene rings is 1. The van der Waals surface area contributed by atoms with E-state index in [0.29, 0.717) is 6.04 Å². The average molecular weight is 193 g/mol. The Bertz CT molecular complexity index is 307. The molecule has 0 amide bonds. The van der Waals surface area contributed by atoms with Gasteiger partial charge in [-0.3, -0.25) is 0 Å². The highest BCUT2D eigenvalue weighted by Crippen LogP contribution is 2.19. The number of anilines is 1. The van der Waals surface area contributed by atoms with E-state index in [1.807, 2.05) is 13.0 Å². The highest BCUT2D eigenvalue weighted by Gasteiger charge is 2.06. The summed E-state index contributed by atoms with van der Waals surface area (Å²) in [5.74, 6) is 0. The van der Waals surface area contributed by atoms with E-state index in [4.69, 9.17) is 5.11 Å². The third-order valence-electron chi connectivity index (χ3n) is 2.68. The molecular weight excluding hydrogens is 174 g/mol. The summed E-state index contributed by atoms with van der Waals surface area (Å²) in [6, 6.07) is 6.66. The minimum Gasteiger partial charge on any atom is -0.392 e. The van der Waals surface area contributed by atoms with Crippen LogP contribution >= 0.6 is 0 Å². The third-order valence-corrected chi connectivity index (χ3v) is 2.68. The van der Waals surface area contributed by atoms with Crippen molar-refractivity contribution in [2.24, 2.45) is 0 Å². The van der Waals surface area contributed by atoms with E-state index in [1.165, 1.54) is 5.69 Å². The van der Waals surface area contributed by atoms with Gasteiger partial charge in [0.15, 0.2) is 0 Å². The van der Waals surface area contributed by atoms with Gasteiger partial charge in [0.25, 0.3) is 0 Å². The molecule has 0 bridgehead atoms. The Kier molecular flexibility index (Phi) is 3.53. The van der Waals surface area contributed by atoms with E-state index >= 15 is 0 Å². The lowest BCUT2D eigenvalue weighted by Gasteiger charge is -2.24. The molecule has 0 atom stereocenters. The second-order valence-corrected chi connectivity index (χ2v) is 3.97. The second kappa shape index (κ2) is 4.47. The van der Waals surface area contributed by atoms with Crippen molar-refractivity contribution in [1.29, 1.82) is 0 Å². The molecule has 0 aliphatic rings. The molecule has 1 aromatic rings. The van der Waals surface area contributed by atoms with E-state index in [9.17, 15) is 0 Å². The Labute approximate surface area is 86.2 Å². The molecule has 1 aromatic carbocycles. The molecule has 0 radical (unpaired) electrons. The monoisotopic (exact) mass is 193 g/mol. The Hall–Kier alpha value is -1.02. The van der Waals surface area contributed by atoms with Gasteiger partial charge in [-0.15, -0.1) is 0 Å². The zero-order chi connectivity index (χ0) is 10.7. The maximum atomic E-state index is 9.04. The van der Waals surface area contributed by atoms with Crippen molar-refractivity contribution in [3.05, 3.63) is 29.3 Å². The van der Waals surface area contributed by atoms with Gasteiger partial charge in [0.05, 0.1) is 6.61 Å². The predicted octanol–water partition coefficient (Wildman–Crippen LogP) is 2.33. The first kappa shape index (κ1) is 11.1. The molecule has 0 aromatic heterocycles. The summed E-state index contributed by atoms with van der Waals surface area (Å²) in [7, 11) is 2.08. The molecule has 0 saturated carbocycles. The van der Waals surface area contributed by atoms with Crippen molar-refractivity contribution in [3.8, 4) is 0 Å². The molecule has 14 heavy (non-hydrogen) atoms. The van der Waals surface area contributed by atoms with Crippen LogP contribution in [0.3, 0.4) is 0 Å². The van der Waals surface area contributed by atoms with Crippen molar-refractivity contribution >= 4 is 5.69 Å². The molecule has 1 rings (SSSR count).